The van der Waals surface area contributed by atoms with Gasteiger partial charge in [-0.25, -0.2) is 0 Å². The second-order valence-corrected chi connectivity index (χ2v) is 6.63. The first-order valence-electron chi connectivity index (χ1n) is 8.45. The van der Waals surface area contributed by atoms with Crippen LogP contribution in [0.5, 0.6) is 0 Å². The maximum atomic E-state index is 4.28. The Bertz CT molecular complexity index is 675. The average molecular weight is 304 g/mol. The van der Waals surface area contributed by atoms with Crippen LogP contribution in [0.25, 0.3) is 0 Å². The highest BCUT2D eigenvalue weighted by Crippen LogP contribution is 2.23. The lowest BCUT2D eigenvalue weighted by atomic mass is 9.96. The van der Waals surface area contributed by atoms with Crippen LogP contribution in [0.1, 0.15) is 38.3 Å². The third-order valence-electron chi connectivity index (χ3n) is 4.42. The minimum Gasteiger partial charge on any atom is -0.0956 e. The molecule has 23 heavy (non-hydrogen) atoms. The molecule has 2 rings (SSSR count). The van der Waals surface area contributed by atoms with Crippen LogP contribution < -0.4 is 0 Å². The van der Waals surface area contributed by atoms with Gasteiger partial charge in [-0.05, 0) is 61.8 Å². The predicted octanol–water partition coefficient (Wildman–Crippen LogP) is 6.51. The van der Waals surface area contributed by atoms with Gasteiger partial charge in [-0.15, -0.1) is 0 Å². The molecule has 0 saturated carbocycles. The summed E-state index contributed by atoms with van der Waals surface area (Å²) in [5.41, 5.74) is 7.83. The van der Waals surface area contributed by atoms with Crippen LogP contribution in [0.4, 0.5) is 0 Å². The predicted molar refractivity (Wildman–Crippen MR) is 103 cm³/mol. The van der Waals surface area contributed by atoms with Gasteiger partial charge in [0.25, 0.3) is 0 Å². The summed E-state index contributed by atoms with van der Waals surface area (Å²) in [5, 5.41) is 0. The lowest BCUT2D eigenvalue weighted by Gasteiger charge is -2.09. The van der Waals surface area contributed by atoms with Gasteiger partial charge in [0.2, 0.25) is 0 Å². The monoisotopic (exact) mass is 304 g/mol. The molecule has 0 heteroatoms. The molecule has 120 valence electrons. The molecule has 0 nitrogen and oxygen atoms in total. The van der Waals surface area contributed by atoms with Gasteiger partial charge in [0.15, 0.2) is 0 Å². The van der Waals surface area contributed by atoms with Crippen molar-refractivity contribution in [3.8, 4) is 0 Å². The van der Waals surface area contributed by atoms with Crippen molar-refractivity contribution >= 4 is 0 Å². The van der Waals surface area contributed by atoms with E-state index >= 15 is 0 Å². The molecular weight excluding hydrogens is 276 g/mol. The van der Waals surface area contributed by atoms with E-state index in [0.29, 0.717) is 5.92 Å². The Morgan fingerprint density at radius 3 is 2.57 bits per heavy atom. The summed E-state index contributed by atoms with van der Waals surface area (Å²) in [6.07, 6.45) is 13.2. The Kier molecular flexibility index (Phi) is 5.98. The quantitative estimate of drug-likeness (QED) is 0.544. The van der Waals surface area contributed by atoms with Gasteiger partial charge in [0.05, 0.1) is 0 Å². The van der Waals surface area contributed by atoms with Crippen LogP contribution in [-0.2, 0) is 6.42 Å². The molecule has 0 amide bonds. The van der Waals surface area contributed by atoms with Crippen LogP contribution in [0.2, 0.25) is 0 Å². The second-order valence-electron chi connectivity index (χ2n) is 6.63. The lowest BCUT2D eigenvalue weighted by molar-refractivity contribution is 0.932. The number of benzene rings is 1. The molecule has 1 aromatic carbocycles. The lowest BCUT2D eigenvalue weighted by Crippen LogP contribution is -1.92. The van der Waals surface area contributed by atoms with Gasteiger partial charge < -0.3 is 0 Å². The number of allylic oxidation sites excluding steroid dienone is 9. The summed E-state index contributed by atoms with van der Waals surface area (Å²) in [6.45, 7) is 13.0. The third kappa shape index (κ3) is 5.25. The Balaban J connectivity index is 2.01. The Morgan fingerprint density at radius 2 is 1.87 bits per heavy atom. The van der Waals surface area contributed by atoms with Gasteiger partial charge in [0.1, 0.15) is 0 Å². The van der Waals surface area contributed by atoms with E-state index in [9.17, 15) is 0 Å². The maximum absolute atomic E-state index is 4.28. The van der Waals surface area contributed by atoms with E-state index in [-0.39, 0.29) is 0 Å². The number of hydrogen-bond acceptors (Lipinski definition) is 0. The van der Waals surface area contributed by atoms with E-state index in [4.69, 9.17) is 0 Å². The Hall–Kier alpha value is -2.08. The van der Waals surface area contributed by atoms with Gasteiger partial charge in [-0.3, -0.25) is 0 Å². The van der Waals surface area contributed by atoms with Gasteiger partial charge in [-0.2, -0.15) is 0 Å². The molecule has 0 aromatic heterocycles. The Labute approximate surface area is 141 Å². The first-order chi connectivity index (χ1) is 11.0. The van der Waals surface area contributed by atoms with Crippen LogP contribution in [0.3, 0.4) is 0 Å². The highest BCUT2D eigenvalue weighted by atomic mass is 14.1. The van der Waals surface area contributed by atoms with E-state index in [1.54, 1.807) is 0 Å². The smallest absolute Gasteiger partial charge is 0.00728 e. The zero-order valence-corrected chi connectivity index (χ0v) is 14.9. The zero-order chi connectivity index (χ0) is 16.8. The molecule has 0 spiro atoms. The topological polar surface area (TPSA) is 0 Å². The van der Waals surface area contributed by atoms with E-state index in [1.807, 2.05) is 0 Å². The van der Waals surface area contributed by atoms with Crippen molar-refractivity contribution in [2.24, 2.45) is 5.92 Å². The SMILES string of the molecule is C=C(CCc1ccc(C)cc1)C(C)=CC1=CC=CC(C)C=C1C. The van der Waals surface area contributed by atoms with E-state index < -0.39 is 0 Å². The van der Waals surface area contributed by atoms with Crippen molar-refractivity contribution in [2.45, 2.75) is 40.5 Å². The van der Waals surface area contributed by atoms with Crippen molar-refractivity contribution in [2.75, 3.05) is 0 Å². The average Bonchev–Trinajstić information content (AvgIpc) is 2.67. The highest BCUT2D eigenvalue weighted by molar-refractivity contribution is 5.47. The van der Waals surface area contributed by atoms with Crippen molar-refractivity contribution in [3.05, 3.63) is 94.6 Å². The first kappa shape index (κ1) is 17.3. The number of aryl methyl sites for hydroxylation is 2. The molecule has 1 atom stereocenters. The fourth-order valence-electron chi connectivity index (χ4n) is 2.76. The van der Waals surface area contributed by atoms with E-state index in [0.717, 1.165) is 12.8 Å². The number of hydrogen-bond donors (Lipinski definition) is 0. The molecule has 1 unspecified atom stereocenters. The first-order valence-corrected chi connectivity index (χ1v) is 8.45. The minimum atomic E-state index is 0.502. The van der Waals surface area contributed by atoms with Crippen molar-refractivity contribution in [1.82, 2.24) is 0 Å². The largest absolute Gasteiger partial charge is 0.0956 e. The summed E-state index contributed by atoms with van der Waals surface area (Å²) in [6, 6.07) is 8.79. The molecule has 1 aromatic rings. The fourth-order valence-corrected chi connectivity index (χ4v) is 2.76. The molecule has 1 aliphatic rings. The molecule has 0 saturated heterocycles. The van der Waals surface area contributed by atoms with Crippen LogP contribution in [0.15, 0.2) is 83.5 Å². The third-order valence-corrected chi connectivity index (χ3v) is 4.42. The van der Waals surface area contributed by atoms with Crippen LogP contribution in [-0.4, -0.2) is 0 Å². The summed E-state index contributed by atoms with van der Waals surface area (Å²) >= 11 is 0. The molecule has 0 aliphatic heterocycles. The van der Waals surface area contributed by atoms with Crippen LogP contribution in [0, 0.1) is 12.8 Å². The standard InChI is InChI=1S/C23H28/c1-17-9-12-22(13-10-17)14-11-19(3)20(4)16-23-8-6-7-18(2)15-21(23)5/h6-10,12-13,15-16,18H,3,11,14H2,1-2,4-5H3. The van der Waals surface area contributed by atoms with E-state index in [1.165, 1.54) is 33.4 Å². The van der Waals surface area contributed by atoms with E-state index in [2.05, 4.69) is 88.9 Å². The summed E-state index contributed by atoms with van der Waals surface area (Å²) in [7, 11) is 0. The normalized spacial score (nSPS) is 18.3. The van der Waals surface area contributed by atoms with Crippen molar-refractivity contribution in [1.29, 1.82) is 0 Å². The Morgan fingerprint density at radius 1 is 1.17 bits per heavy atom. The highest BCUT2D eigenvalue weighted by Gasteiger charge is 2.05. The van der Waals surface area contributed by atoms with Crippen molar-refractivity contribution in [3.63, 3.8) is 0 Å². The van der Waals surface area contributed by atoms with Crippen molar-refractivity contribution < 1.29 is 0 Å². The van der Waals surface area contributed by atoms with Gasteiger partial charge >= 0.3 is 0 Å². The molecule has 0 N–H and O–H groups in total. The molecule has 0 radical (unpaired) electrons. The zero-order valence-electron chi connectivity index (χ0n) is 14.9. The number of rotatable bonds is 5. The molecule has 0 bridgehead atoms. The summed E-state index contributed by atoms with van der Waals surface area (Å²) < 4.78 is 0. The van der Waals surface area contributed by atoms with Gasteiger partial charge in [-0.1, -0.05) is 79.3 Å². The summed E-state index contributed by atoms with van der Waals surface area (Å²) in [4.78, 5) is 0. The minimum absolute atomic E-state index is 0.502. The van der Waals surface area contributed by atoms with Gasteiger partial charge in [0, 0.05) is 0 Å². The molecule has 0 fully saturated rings. The fraction of sp³-hybridized carbons (Fsp3) is 0.304. The molecule has 0 heterocycles. The van der Waals surface area contributed by atoms with Crippen LogP contribution >= 0.6 is 0 Å². The summed E-state index contributed by atoms with van der Waals surface area (Å²) in [5.74, 6) is 0.502. The molecular formula is C23H28. The second kappa shape index (κ2) is 7.97. The maximum Gasteiger partial charge on any atom is -0.00728 e. The molecule has 1 aliphatic carbocycles.